The van der Waals surface area contributed by atoms with Crippen molar-refractivity contribution in [2.75, 3.05) is 32.1 Å². The van der Waals surface area contributed by atoms with E-state index < -0.39 is 0 Å². The zero-order chi connectivity index (χ0) is 21.5. The molecule has 0 aliphatic heterocycles. The highest BCUT2D eigenvalue weighted by molar-refractivity contribution is 5.93. The Balaban J connectivity index is 1.33. The Morgan fingerprint density at radius 3 is 2.55 bits per heavy atom. The number of aromatic nitrogens is 1. The number of nitrogens with zero attached hydrogens (tertiary/aromatic N) is 2. The van der Waals surface area contributed by atoms with E-state index in [0.29, 0.717) is 6.61 Å². The number of fused-ring (bicyclic) bond motifs is 1. The minimum atomic E-state index is 0.659. The van der Waals surface area contributed by atoms with Crippen molar-refractivity contribution in [3.63, 3.8) is 0 Å². The van der Waals surface area contributed by atoms with Gasteiger partial charge < -0.3 is 15.0 Å². The van der Waals surface area contributed by atoms with Gasteiger partial charge in [0.25, 0.3) is 0 Å². The van der Waals surface area contributed by atoms with Crippen LogP contribution in [0.5, 0.6) is 5.75 Å². The molecule has 0 bridgehead atoms. The average molecular weight is 412 g/mol. The van der Waals surface area contributed by atoms with E-state index in [2.05, 4.69) is 76.8 Å². The van der Waals surface area contributed by atoms with Gasteiger partial charge in [-0.15, -0.1) is 0 Å². The SMILES string of the molecule is Cc1cc(Nc2cccc(OCCN(C)CCc3ccccc3)c2)c2ccccc2n1. The zero-order valence-corrected chi connectivity index (χ0v) is 18.2. The van der Waals surface area contributed by atoms with E-state index in [0.717, 1.165) is 53.2 Å². The van der Waals surface area contributed by atoms with E-state index in [1.165, 1.54) is 5.56 Å². The molecular formula is C27H29N3O. The first-order valence-corrected chi connectivity index (χ1v) is 10.8. The summed E-state index contributed by atoms with van der Waals surface area (Å²) < 4.78 is 6.02. The normalized spacial score (nSPS) is 11.1. The van der Waals surface area contributed by atoms with Crippen LogP contribution in [0.1, 0.15) is 11.3 Å². The summed E-state index contributed by atoms with van der Waals surface area (Å²) in [6.07, 6.45) is 1.05. The van der Waals surface area contributed by atoms with Crippen LogP contribution in [0.3, 0.4) is 0 Å². The van der Waals surface area contributed by atoms with E-state index in [9.17, 15) is 0 Å². The largest absolute Gasteiger partial charge is 0.492 e. The molecule has 0 aliphatic rings. The third kappa shape index (κ3) is 5.83. The number of likely N-dealkylation sites (N-methyl/N-ethyl adjacent to an activating group) is 1. The molecule has 0 saturated carbocycles. The number of hydrogen-bond donors (Lipinski definition) is 1. The van der Waals surface area contributed by atoms with Gasteiger partial charge in [-0.25, -0.2) is 0 Å². The summed E-state index contributed by atoms with van der Waals surface area (Å²) in [5, 5.41) is 4.65. The molecule has 4 heteroatoms. The predicted octanol–water partition coefficient (Wildman–Crippen LogP) is 5.84. The average Bonchev–Trinajstić information content (AvgIpc) is 2.79. The lowest BCUT2D eigenvalue weighted by Crippen LogP contribution is -2.26. The van der Waals surface area contributed by atoms with Crippen molar-refractivity contribution in [1.82, 2.24) is 9.88 Å². The van der Waals surface area contributed by atoms with Crippen LogP contribution in [-0.2, 0) is 6.42 Å². The summed E-state index contributed by atoms with van der Waals surface area (Å²) in [5.41, 5.74) is 5.42. The number of benzene rings is 3. The van der Waals surface area contributed by atoms with Gasteiger partial charge in [0.05, 0.1) is 5.52 Å². The van der Waals surface area contributed by atoms with Gasteiger partial charge in [0.1, 0.15) is 12.4 Å². The van der Waals surface area contributed by atoms with E-state index in [4.69, 9.17) is 4.74 Å². The highest BCUT2D eigenvalue weighted by Gasteiger charge is 2.06. The molecular weight excluding hydrogens is 382 g/mol. The van der Waals surface area contributed by atoms with Crippen LogP contribution >= 0.6 is 0 Å². The molecule has 4 nitrogen and oxygen atoms in total. The van der Waals surface area contributed by atoms with Crippen molar-refractivity contribution in [2.45, 2.75) is 13.3 Å². The van der Waals surface area contributed by atoms with Crippen LogP contribution in [0.2, 0.25) is 0 Å². The van der Waals surface area contributed by atoms with E-state index in [1.54, 1.807) is 0 Å². The first-order chi connectivity index (χ1) is 15.2. The Labute approximate surface area is 184 Å². The summed E-state index contributed by atoms with van der Waals surface area (Å²) in [7, 11) is 2.14. The molecule has 158 valence electrons. The van der Waals surface area contributed by atoms with Crippen LogP contribution in [0, 0.1) is 6.92 Å². The molecule has 0 saturated heterocycles. The Morgan fingerprint density at radius 1 is 0.871 bits per heavy atom. The maximum atomic E-state index is 6.02. The lowest BCUT2D eigenvalue weighted by molar-refractivity contribution is 0.239. The number of anilines is 2. The van der Waals surface area contributed by atoms with E-state index in [1.807, 2.05) is 37.3 Å². The lowest BCUT2D eigenvalue weighted by Gasteiger charge is -2.17. The molecule has 4 aromatic rings. The summed E-state index contributed by atoms with van der Waals surface area (Å²) in [4.78, 5) is 6.92. The van der Waals surface area contributed by atoms with Gasteiger partial charge in [0, 0.05) is 41.6 Å². The number of aryl methyl sites for hydroxylation is 1. The predicted molar refractivity (Wildman–Crippen MR) is 129 cm³/mol. The molecule has 0 amide bonds. The molecule has 1 aromatic heterocycles. The summed E-state index contributed by atoms with van der Waals surface area (Å²) in [5.74, 6) is 0.872. The molecule has 0 unspecified atom stereocenters. The smallest absolute Gasteiger partial charge is 0.121 e. The summed E-state index contributed by atoms with van der Waals surface area (Å²) >= 11 is 0. The number of ether oxygens (including phenoxy) is 1. The Kier molecular flexibility index (Phi) is 6.80. The summed E-state index contributed by atoms with van der Waals surface area (Å²) in [6.45, 7) is 4.58. The number of pyridine rings is 1. The fraction of sp³-hybridized carbons (Fsp3) is 0.222. The van der Waals surface area contributed by atoms with Gasteiger partial charge in [-0.05, 0) is 50.2 Å². The second-order valence-corrected chi connectivity index (χ2v) is 7.87. The van der Waals surface area contributed by atoms with Crippen molar-refractivity contribution < 1.29 is 4.74 Å². The minimum absolute atomic E-state index is 0.659. The van der Waals surface area contributed by atoms with Gasteiger partial charge >= 0.3 is 0 Å². The second kappa shape index (κ2) is 10.1. The van der Waals surface area contributed by atoms with Crippen LogP contribution < -0.4 is 10.1 Å². The third-order valence-corrected chi connectivity index (χ3v) is 5.32. The number of nitrogens with one attached hydrogen (secondary N) is 1. The maximum absolute atomic E-state index is 6.02. The quantitative estimate of drug-likeness (QED) is 0.375. The minimum Gasteiger partial charge on any atom is -0.492 e. The molecule has 31 heavy (non-hydrogen) atoms. The molecule has 0 fully saturated rings. The van der Waals surface area contributed by atoms with Crippen LogP contribution in [0.25, 0.3) is 10.9 Å². The molecule has 0 aliphatic carbocycles. The Morgan fingerprint density at radius 2 is 1.68 bits per heavy atom. The standard InChI is InChI=1S/C27H29N3O/c1-21-19-27(25-13-6-7-14-26(25)28-21)29-23-11-8-12-24(20-23)31-18-17-30(2)16-15-22-9-4-3-5-10-22/h3-14,19-20H,15-18H2,1-2H3,(H,28,29). The second-order valence-electron chi connectivity index (χ2n) is 7.87. The van der Waals surface area contributed by atoms with E-state index in [-0.39, 0.29) is 0 Å². The molecule has 0 radical (unpaired) electrons. The summed E-state index contributed by atoms with van der Waals surface area (Å²) in [6, 6.07) is 29.0. The van der Waals surface area contributed by atoms with Crippen LogP contribution in [0.15, 0.2) is 84.9 Å². The topological polar surface area (TPSA) is 37.4 Å². The van der Waals surface area contributed by atoms with Gasteiger partial charge in [0.15, 0.2) is 0 Å². The monoisotopic (exact) mass is 411 g/mol. The van der Waals surface area contributed by atoms with Crippen molar-refractivity contribution in [2.24, 2.45) is 0 Å². The highest BCUT2D eigenvalue weighted by Crippen LogP contribution is 2.27. The number of para-hydroxylation sites is 1. The number of hydrogen-bond acceptors (Lipinski definition) is 4. The first kappa shape index (κ1) is 20.9. The molecule has 4 rings (SSSR count). The number of rotatable bonds is 9. The molecule has 0 atom stereocenters. The fourth-order valence-electron chi connectivity index (χ4n) is 3.63. The highest BCUT2D eigenvalue weighted by atomic mass is 16.5. The van der Waals surface area contributed by atoms with E-state index >= 15 is 0 Å². The molecule has 0 spiro atoms. The van der Waals surface area contributed by atoms with Crippen LogP contribution in [-0.4, -0.2) is 36.6 Å². The fourth-order valence-corrected chi connectivity index (χ4v) is 3.63. The van der Waals surface area contributed by atoms with Gasteiger partial charge in [0.2, 0.25) is 0 Å². The van der Waals surface area contributed by atoms with Gasteiger partial charge in [-0.2, -0.15) is 0 Å². The first-order valence-electron chi connectivity index (χ1n) is 10.8. The van der Waals surface area contributed by atoms with Gasteiger partial charge in [-0.3, -0.25) is 4.98 Å². The third-order valence-electron chi connectivity index (χ3n) is 5.32. The van der Waals surface area contributed by atoms with Crippen molar-refractivity contribution in [3.05, 3.63) is 96.2 Å². The lowest BCUT2D eigenvalue weighted by atomic mass is 10.1. The Bertz CT molecular complexity index is 1130. The van der Waals surface area contributed by atoms with Crippen molar-refractivity contribution in [3.8, 4) is 5.75 Å². The van der Waals surface area contributed by atoms with Crippen LogP contribution in [0.4, 0.5) is 11.4 Å². The van der Waals surface area contributed by atoms with Gasteiger partial charge in [-0.1, -0.05) is 54.6 Å². The molecule has 1 heterocycles. The molecule has 1 N–H and O–H groups in total. The van der Waals surface area contributed by atoms with Crippen molar-refractivity contribution in [1.29, 1.82) is 0 Å². The van der Waals surface area contributed by atoms with Crippen molar-refractivity contribution >= 4 is 22.3 Å². The molecule has 3 aromatic carbocycles. The maximum Gasteiger partial charge on any atom is 0.121 e. The Hall–Kier alpha value is -3.37. The zero-order valence-electron chi connectivity index (χ0n) is 18.2.